The fourth-order valence-electron chi connectivity index (χ4n) is 1.80. The molecule has 16 heavy (non-hydrogen) atoms. The SMILES string of the molecule is C=Cc1cc(O)c(C(C)=O)c(C(C)=O)c1C. The van der Waals surface area contributed by atoms with E-state index in [9.17, 15) is 14.7 Å². The van der Waals surface area contributed by atoms with E-state index in [2.05, 4.69) is 6.58 Å². The van der Waals surface area contributed by atoms with Gasteiger partial charge in [-0.3, -0.25) is 9.59 Å². The summed E-state index contributed by atoms with van der Waals surface area (Å²) in [6, 6.07) is 1.45. The summed E-state index contributed by atoms with van der Waals surface area (Å²) >= 11 is 0. The number of carbonyl (C=O) groups excluding carboxylic acids is 2. The van der Waals surface area contributed by atoms with Crippen molar-refractivity contribution >= 4 is 17.6 Å². The van der Waals surface area contributed by atoms with Crippen molar-refractivity contribution in [1.82, 2.24) is 0 Å². The Morgan fingerprint density at radius 1 is 1.25 bits per heavy atom. The molecule has 0 saturated carbocycles. The highest BCUT2D eigenvalue weighted by Gasteiger charge is 2.20. The smallest absolute Gasteiger partial charge is 0.164 e. The molecule has 0 aromatic heterocycles. The average molecular weight is 218 g/mol. The third kappa shape index (κ3) is 1.89. The van der Waals surface area contributed by atoms with Gasteiger partial charge < -0.3 is 5.11 Å². The van der Waals surface area contributed by atoms with Gasteiger partial charge >= 0.3 is 0 Å². The van der Waals surface area contributed by atoms with Crippen molar-refractivity contribution in [1.29, 1.82) is 0 Å². The molecule has 0 unspecified atom stereocenters. The van der Waals surface area contributed by atoms with Gasteiger partial charge in [-0.15, -0.1) is 0 Å². The van der Waals surface area contributed by atoms with Gasteiger partial charge in [0.1, 0.15) is 5.75 Å². The van der Waals surface area contributed by atoms with Gasteiger partial charge in [-0.2, -0.15) is 0 Å². The highest BCUT2D eigenvalue weighted by Crippen LogP contribution is 2.29. The summed E-state index contributed by atoms with van der Waals surface area (Å²) in [5, 5.41) is 9.73. The molecule has 1 rings (SSSR count). The predicted molar refractivity (Wildman–Crippen MR) is 62.9 cm³/mol. The number of aromatic hydroxyl groups is 1. The van der Waals surface area contributed by atoms with Gasteiger partial charge in [0.15, 0.2) is 11.6 Å². The second kappa shape index (κ2) is 4.31. The fourth-order valence-corrected chi connectivity index (χ4v) is 1.80. The third-order valence-electron chi connectivity index (χ3n) is 2.53. The standard InChI is InChI=1S/C13H14O3/c1-5-10-6-11(16)13(9(4)15)12(7(10)2)8(3)14/h5-6,16H,1H2,2-4H3. The number of hydrogen-bond acceptors (Lipinski definition) is 3. The van der Waals surface area contributed by atoms with Crippen molar-refractivity contribution in [2.75, 3.05) is 0 Å². The summed E-state index contributed by atoms with van der Waals surface area (Å²) in [7, 11) is 0. The number of benzene rings is 1. The van der Waals surface area contributed by atoms with Gasteiger partial charge in [0.2, 0.25) is 0 Å². The molecule has 0 aliphatic carbocycles. The minimum absolute atomic E-state index is 0.0931. The Balaban J connectivity index is 3.75. The maximum absolute atomic E-state index is 11.5. The highest BCUT2D eigenvalue weighted by atomic mass is 16.3. The molecule has 84 valence electrons. The Hall–Kier alpha value is -1.90. The van der Waals surface area contributed by atoms with E-state index >= 15 is 0 Å². The molecule has 0 aliphatic heterocycles. The van der Waals surface area contributed by atoms with Gasteiger partial charge in [0, 0.05) is 5.56 Å². The molecule has 3 heteroatoms. The normalized spacial score (nSPS) is 9.94. The maximum atomic E-state index is 11.5. The monoisotopic (exact) mass is 218 g/mol. The first-order chi connectivity index (χ1) is 7.40. The molecule has 0 saturated heterocycles. The Bertz CT molecular complexity index is 484. The molecule has 0 radical (unpaired) electrons. The average Bonchev–Trinajstić information content (AvgIpc) is 2.19. The molecule has 0 aliphatic rings. The van der Waals surface area contributed by atoms with Crippen LogP contribution in [-0.4, -0.2) is 16.7 Å². The van der Waals surface area contributed by atoms with E-state index in [1.165, 1.54) is 19.9 Å². The number of carbonyl (C=O) groups is 2. The molecule has 0 heterocycles. The summed E-state index contributed by atoms with van der Waals surface area (Å²) < 4.78 is 0. The van der Waals surface area contributed by atoms with Crippen LogP contribution in [0.15, 0.2) is 12.6 Å². The van der Waals surface area contributed by atoms with Crippen molar-refractivity contribution in [3.8, 4) is 5.75 Å². The molecule has 0 bridgehead atoms. The lowest BCUT2D eigenvalue weighted by Crippen LogP contribution is -2.08. The van der Waals surface area contributed by atoms with E-state index in [1.54, 1.807) is 13.0 Å². The number of Topliss-reactive ketones (excluding diaryl/α,β-unsaturated/α-hetero) is 2. The summed E-state index contributed by atoms with van der Waals surface area (Å²) in [5.74, 6) is -0.721. The van der Waals surface area contributed by atoms with Gasteiger partial charge in [0.05, 0.1) is 5.56 Å². The van der Waals surface area contributed by atoms with Crippen LogP contribution in [0.5, 0.6) is 5.75 Å². The van der Waals surface area contributed by atoms with Crippen molar-refractivity contribution < 1.29 is 14.7 Å². The molecular weight excluding hydrogens is 204 g/mol. The summed E-state index contributed by atoms with van der Waals surface area (Å²) in [6.07, 6.45) is 1.55. The van der Waals surface area contributed by atoms with E-state index < -0.39 is 0 Å². The van der Waals surface area contributed by atoms with E-state index in [0.29, 0.717) is 11.1 Å². The minimum Gasteiger partial charge on any atom is -0.507 e. The van der Waals surface area contributed by atoms with E-state index in [-0.39, 0.29) is 28.4 Å². The number of hydrogen-bond donors (Lipinski definition) is 1. The van der Waals surface area contributed by atoms with Crippen LogP contribution in [0.4, 0.5) is 0 Å². The van der Waals surface area contributed by atoms with Gasteiger partial charge in [-0.05, 0) is 38.0 Å². The molecule has 0 spiro atoms. The van der Waals surface area contributed by atoms with E-state index in [0.717, 1.165) is 0 Å². The van der Waals surface area contributed by atoms with Crippen molar-refractivity contribution in [3.05, 3.63) is 34.9 Å². The third-order valence-corrected chi connectivity index (χ3v) is 2.53. The molecule has 1 aromatic rings. The number of ketones is 2. The number of rotatable bonds is 3. The van der Waals surface area contributed by atoms with Crippen LogP contribution >= 0.6 is 0 Å². The molecule has 0 atom stereocenters. The second-order valence-corrected chi connectivity index (χ2v) is 3.68. The molecule has 1 aromatic carbocycles. The number of phenols is 1. The Labute approximate surface area is 94.4 Å². The van der Waals surface area contributed by atoms with Gasteiger partial charge in [-0.1, -0.05) is 12.7 Å². The summed E-state index contributed by atoms with van der Waals surface area (Å²) in [6.45, 7) is 8.04. The van der Waals surface area contributed by atoms with Crippen molar-refractivity contribution in [2.24, 2.45) is 0 Å². The highest BCUT2D eigenvalue weighted by molar-refractivity contribution is 6.10. The fraction of sp³-hybridized carbons (Fsp3) is 0.231. The predicted octanol–water partition coefficient (Wildman–Crippen LogP) is 2.75. The van der Waals surface area contributed by atoms with Gasteiger partial charge in [0.25, 0.3) is 0 Å². The lowest BCUT2D eigenvalue weighted by Gasteiger charge is -2.12. The first-order valence-corrected chi connectivity index (χ1v) is 4.91. The first kappa shape index (κ1) is 12.2. The zero-order chi connectivity index (χ0) is 12.5. The lowest BCUT2D eigenvalue weighted by molar-refractivity contribution is 0.0977. The molecule has 0 amide bonds. The van der Waals surface area contributed by atoms with Crippen LogP contribution in [-0.2, 0) is 0 Å². The topological polar surface area (TPSA) is 54.4 Å². The largest absolute Gasteiger partial charge is 0.507 e. The summed E-state index contributed by atoms with van der Waals surface area (Å²) in [4.78, 5) is 22.9. The molecule has 3 nitrogen and oxygen atoms in total. The quantitative estimate of drug-likeness (QED) is 0.793. The van der Waals surface area contributed by atoms with Crippen LogP contribution in [0.25, 0.3) is 6.08 Å². The molecule has 1 N–H and O–H groups in total. The van der Waals surface area contributed by atoms with Crippen LogP contribution in [0.2, 0.25) is 0 Å². The van der Waals surface area contributed by atoms with Crippen molar-refractivity contribution in [3.63, 3.8) is 0 Å². The maximum Gasteiger partial charge on any atom is 0.164 e. The van der Waals surface area contributed by atoms with Gasteiger partial charge in [-0.25, -0.2) is 0 Å². The summed E-state index contributed by atoms with van der Waals surface area (Å²) in [5.41, 5.74) is 1.70. The first-order valence-electron chi connectivity index (χ1n) is 4.91. The van der Waals surface area contributed by atoms with Crippen LogP contribution in [0, 0.1) is 6.92 Å². The van der Waals surface area contributed by atoms with Crippen molar-refractivity contribution in [2.45, 2.75) is 20.8 Å². The van der Waals surface area contributed by atoms with E-state index in [4.69, 9.17) is 0 Å². The Morgan fingerprint density at radius 2 is 1.75 bits per heavy atom. The zero-order valence-electron chi connectivity index (χ0n) is 9.63. The zero-order valence-corrected chi connectivity index (χ0v) is 9.63. The van der Waals surface area contributed by atoms with Crippen LogP contribution in [0.3, 0.4) is 0 Å². The Kier molecular flexibility index (Phi) is 3.28. The van der Waals surface area contributed by atoms with Crippen LogP contribution in [0.1, 0.15) is 45.7 Å². The molecular formula is C13H14O3. The Morgan fingerprint density at radius 3 is 2.12 bits per heavy atom. The van der Waals surface area contributed by atoms with Crippen LogP contribution < -0.4 is 0 Å². The van der Waals surface area contributed by atoms with E-state index in [1.807, 2.05) is 0 Å². The minimum atomic E-state index is -0.318. The lowest BCUT2D eigenvalue weighted by atomic mass is 9.92. The molecule has 0 fully saturated rings. The second-order valence-electron chi connectivity index (χ2n) is 3.68. The number of phenolic OH excluding ortho intramolecular Hbond substituents is 1.